The predicted octanol–water partition coefficient (Wildman–Crippen LogP) is 4.96. The van der Waals surface area contributed by atoms with E-state index in [1.165, 1.54) is 11.1 Å². The van der Waals surface area contributed by atoms with E-state index in [1.807, 2.05) is 12.1 Å². The Morgan fingerprint density at radius 1 is 1.10 bits per heavy atom. The van der Waals surface area contributed by atoms with Crippen molar-refractivity contribution in [2.45, 2.75) is 18.8 Å². The number of nitrogens with zero attached hydrogens (tertiary/aromatic N) is 1. The fraction of sp³-hybridized carbons (Fsp3) is 0.176. The first kappa shape index (κ1) is 13.2. The van der Waals surface area contributed by atoms with Crippen molar-refractivity contribution in [1.82, 2.24) is 10.2 Å². The highest BCUT2D eigenvalue weighted by Gasteiger charge is 2.14. The molecule has 1 radical (unpaired) electrons. The molecule has 1 aromatic heterocycles. The molecule has 0 aliphatic carbocycles. The van der Waals surface area contributed by atoms with Crippen molar-refractivity contribution in [3.05, 3.63) is 71.7 Å². The van der Waals surface area contributed by atoms with Crippen molar-refractivity contribution in [3.63, 3.8) is 0 Å². The third kappa shape index (κ3) is 2.44. The Kier molecular flexibility index (Phi) is 3.75. The van der Waals surface area contributed by atoms with E-state index in [0.29, 0.717) is 11.1 Å². The lowest BCUT2D eigenvalue weighted by atomic mass is 9.87. The summed E-state index contributed by atoms with van der Waals surface area (Å²) in [5.41, 5.74) is 3.55. The van der Waals surface area contributed by atoms with Gasteiger partial charge in [0, 0.05) is 11.3 Å². The van der Waals surface area contributed by atoms with Crippen LogP contribution in [0.15, 0.2) is 48.5 Å². The molecule has 0 unspecified atom stereocenters. The van der Waals surface area contributed by atoms with Gasteiger partial charge in [-0.15, -0.1) is 0 Å². The summed E-state index contributed by atoms with van der Waals surface area (Å²) in [4.78, 5) is 0. The number of benzene rings is 2. The topological polar surface area (TPSA) is 28.7 Å². The van der Waals surface area contributed by atoms with Gasteiger partial charge in [-0.3, -0.25) is 5.10 Å². The maximum absolute atomic E-state index is 6.12. The monoisotopic (exact) mass is 283 g/mol. The molecule has 2 nitrogen and oxygen atoms in total. The number of fused-ring (bicyclic) bond motifs is 1. The van der Waals surface area contributed by atoms with E-state index < -0.39 is 0 Å². The molecular weight excluding hydrogens is 268 g/mol. The first-order valence-electron chi connectivity index (χ1n) is 6.77. The second kappa shape index (κ2) is 5.68. The molecule has 2 aromatic carbocycles. The van der Waals surface area contributed by atoms with Gasteiger partial charge in [0.05, 0.1) is 5.52 Å². The Morgan fingerprint density at radius 2 is 1.90 bits per heavy atom. The average molecular weight is 284 g/mol. The molecule has 0 saturated heterocycles. The average Bonchev–Trinajstić information content (AvgIpc) is 2.87. The largest absolute Gasteiger partial charge is 0.276 e. The molecule has 1 heterocycles. The minimum atomic E-state index is 0.351. The summed E-state index contributed by atoms with van der Waals surface area (Å²) >= 11 is 6.12. The van der Waals surface area contributed by atoms with Gasteiger partial charge in [0.2, 0.25) is 0 Å². The predicted molar refractivity (Wildman–Crippen MR) is 84.0 cm³/mol. The molecule has 0 bridgehead atoms. The van der Waals surface area contributed by atoms with E-state index >= 15 is 0 Å². The summed E-state index contributed by atoms with van der Waals surface area (Å²) in [6, 6.07) is 16.9. The molecule has 0 aliphatic rings. The van der Waals surface area contributed by atoms with Crippen LogP contribution in [0.5, 0.6) is 0 Å². The molecule has 1 atom stereocenters. The normalized spacial score (nSPS) is 12.7. The second-order valence-corrected chi connectivity index (χ2v) is 5.28. The summed E-state index contributed by atoms with van der Waals surface area (Å²) in [5, 5.41) is 8.49. The smallest absolute Gasteiger partial charge is 0.158 e. The van der Waals surface area contributed by atoms with E-state index in [0.717, 1.165) is 23.7 Å². The highest BCUT2D eigenvalue weighted by atomic mass is 35.5. The second-order valence-electron chi connectivity index (χ2n) is 4.92. The van der Waals surface area contributed by atoms with Crippen LogP contribution in [0.25, 0.3) is 10.9 Å². The molecule has 0 fully saturated rings. The molecule has 0 spiro atoms. The fourth-order valence-electron chi connectivity index (χ4n) is 2.63. The van der Waals surface area contributed by atoms with Gasteiger partial charge in [-0.05, 0) is 29.7 Å². The molecule has 101 valence electrons. The lowest BCUT2D eigenvalue weighted by molar-refractivity contribution is 0.727. The Bertz CT molecular complexity index is 703. The third-order valence-electron chi connectivity index (χ3n) is 3.64. The van der Waals surface area contributed by atoms with Gasteiger partial charge < -0.3 is 0 Å². The first-order valence-corrected chi connectivity index (χ1v) is 7.15. The first-order chi connectivity index (χ1) is 9.79. The number of nitrogens with one attached hydrogen (secondary N) is 1. The number of aromatic amines is 1. The zero-order valence-corrected chi connectivity index (χ0v) is 11.9. The van der Waals surface area contributed by atoms with Gasteiger partial charge in [0.25, 0.3) is 0 Å². The van der Waals surface area contributed by atoms with Crippen molar-refractivity contribution in [3.8, 4) is 0 Å². The van der Waals surface area contributed by atoms with Crippen molar-refractivity contribution < 1.29 is 0 Å². The maximum atomic E-state index is 6.12. The van der Waals surface area contributed by atoms with E-state index in [2.05, 4.69) is 53.5 Å². The zero-order chi connectivity index (χ0) is 13.9. The quantitative estimate of drug-likeness (QED) is 0.720. The summed E-state index contributed by atoms with van der Waals surface area (Å²) in [6.07, 6.45) is 1.92. The molecule has 3 aromatic rings. The fourth-order valence-corrected chi connectivity index (χ4v) is 2.83. The maximum Gasteiger partial charge on any atom is 0.158 e. The zero-order valence-electron chi connectivity index (χ0n) is 11.1. The van der Waals surface area contributed by atoms with E-state index in [9.17, 15) is 0 Å². The molecule has 3 rings (SSSR count). The van der Waals surface area contributed by atoms with Crippen LogP contribution in [0.2, 0.25) is 5.15 Å². The van der Waals surface area contributed by atoms with Crippen molar-refractivity contribution in [2.24, 2.45) is 0 Å². The standard InChI is InChI=1S/C17H16ClN2/c1-2-6-14(12-7-4-3-5-8-12)13-9-10-16-15(11-13)17(18)20-19-16/h3-5,7-11,14H,1-2,6H2,(H,19,20)/t14-/m1/s1. The summed E-state index contributed by atoms with van der Waals surface area (Å²) in [5.74, 6) is 0.351. The minimum absolute atomic E-state index is 0.351. The number of aromatic nitrogens is 2. The van der Waals surface area contributed by atoms with Gasteiger partial charge in [-0.25, -0.2) is 0 Å². The van der Waals surface area contributed by atoms with Crippen molar-refractivity contribution in [1.29, 1.82) is 0 Å². The van der Waals surface area contributed by atoms with Crippen LogP contribution in [0, 0.1) is 6.92 Å². The van der Waals surface area contributed by atoms with Crippen molar-refractivity contribution >= 4 is 22.5 Å². The Hall–Kier alpha value is -1.80. The Labute approximate surface area is 123 Å². The van der Waals surface area contributed by atoms with E-state index in [1.54, 1.807) is 0 Å². The van der Waals surface area contributed by atoms with E-state index in [4.69, 9.17) is 11.6 Å². The number of halogens is 1. The lowest BCUT2D eigenvalue weighted by Crippen LogP contribution is -2.00. The third-order valence-corrected chi connectivity index (χ3v) is 3.93. The summed E-state index contributed by atoms with van der Waals surface area (Å²) in [6.45, 7) is 4.00. The highest BCUT2D eigenvalue weighted by Crippen LogP contribution is 2.32. The molecule has 0 aliphatic heterocycles. The molecule has 20 heavy (non-hydrogen) atoms. The van der Waals surface area contributed by atoms with Crippen LogP contribution in [0.4, 0.5) is 0 Å². The van der Waals surface area contributed by atoms with Gasteiger partial charge in [0.1, 0.15) is 0 Å². The van der Waals surface area contributed by atoms with Gasteiger partial charge in [-0.1, -0.05) is 61.3 Å². The Morgan fingerprint density at radius 3 is 2.65 bits per heavy atom. The van der Waals surface area contributed by atoms with Crippen LogP contribution in [-0.4, -0.2) is 10.2 Å². The summed E-state index contributed by atoms with van der Waals surface area (Å²) < 4.78 is 0. The van der Waals surface area contributed by atoms with Crippen LogP contribution >= 0.6 is 11.6 Å². The van der Waals surface area contributed by atoms with Gasteiger partial charge in [-0.2, -0.15) is 5.10 Å². The molecule has 0 amide bonds. The number of rotatable bonds is 4. The minimum Gasteiger partial charge on any atom is -0.276 e. The molecular formula is C17H16ClN2. The Balaban J connectivity index is 2.07. The van der Waals surface area contributed by atoms with Crippen LogP contribution < -0.4 is 0 Å². The molecule has 1 N–H and O–H groups in total. The van der Waals surface area contributed by atoms with E-state index in [-0.39, 0.29) is 0 Å². The van der Waals surface area contributed by atoms with Gasteiger partial charge >= 0.3 is 0 Å². The SMILES string of the molecule is [CH2]CC[C@H](c1ccccc1)c1ccc2[nH]nc(Cl)c2c1. The van der Waals surface area contributed by atoms with Crippen LogP contribution in [0.1, 0.15) is 29.9 Å². The number of hydrogen-bond acceptors (Lipinski definition) is 1. The van der Waals surface area contributed by atoms with Gasteiger partial charge in [0.15, 0.2) is 5.15 Å². The highest BCUT2D eigenvalue weighted by molar-refractivity contribution is 6.34. The number of hydrogen-bond donors (Lipinski definition) is 1. The molecule has 3 heteroatoms. The number of H-pyrrole nitrogens is 1. The summed E-state index contributed by atoms with van der Waals surface area (Å²) in [7, 11) is 0. The molecule has 0 saturated carbocycles. The van der Waals surface area contributed by atoms with Crippen LogP contribution in [-0.2, 0) is 0 Å². The van der Waals surface area contributed by atoms with Crippen molar-refractivity contribution in [2.75, 3.05) is 0 Å². The lowest BCUT2D eigenvalue weighted by Gasteiger charge is -2.17. The van der Waals surface area contributed by atoms with Crippen LogP contribution in [0.3, 0.4) is 0 Å².